The highest BCUT2D eigenvalue weighted by Gasteiger charge is 2.49. The molecule has 2 fully saturated rings. The summed E-state index contributed by atoms with van der Waals surface area (Å²) in [7, 11) is 1.66. The number of urea groups is 1. The van der Waals surface area contributed by atoms with Crippen LogP contribution in [0.1, 0.15) is 35.3 Å². The first-order valence-electron chi connectivity index (χ1n) is 12.6. The number of nitrogens with one attached hydrogen (secondary N) is 1. The number of anilines is 2. The average Bonchev–Trinajstić information content (AvgIpc) is 2.92. The number of fused-ring (bicyclic) bond motifs is 4. The van der Waals surface area contributed by atoms with Gasteiger partial charge in [0.05, 0.1) is 18.8 Å². The van der Waals surface area contributed by atoms with E-state index in [0.29, 0.717) is 30.8 Å². The number of rotatable bonds is 4. The zero-order valence-corrected chi connectivity index (χ0v) is 21.0. The predicted octanol–water partition coefficient (Wildman–Crippen LogP) is 4.43. The van der Waals surface area contributed by atoms with E-state index in [1.165, 1.54) is 0 Å². The van der Waals surface area contributed by atoms with Gasteiger partial charge in [0.1, 0.15) is 11.5 Å². The molecule has 2 bridgehead atoms. The summed E-state index contributed by atoms with van der Waals surface area (Å²) in [5, 5.41) is 3.12. The summed E-state index contributed by atoms with van der Waals surface area (Å²) < 4.78 is 11.7. The number of ether oxygens (including phenoxy) is 2. The maximum Gasteiger partial charge on any atom is 0.325 e. The van der Waals surface area contributed by atoms with Crippen molar-refractivity contribution >= 4 is 23.3 Å². The largest absolute Gasteiger partial charge is 0.497 e. The van der Waals surface area contributed by atoms with E-state index in [1.54, 1.807) is 18.1 Å². The van der Waals surface area contributed by atoms with Crippen LogP contribution in [0.15, 0.2) is 72.8 Å². The van der Waals surface area contributed by atoms with Crippen LogP contribution in [-0.2, 0) is 0 Å². The van der Waals surface area contributed by atoms with E-state index in [-0.39, 0.29) is 18.0 Å². The minimum atomic E-state index is -0.856. The fourth-order valence-electron chi connectivity index (χ4n) is 5.65. The average molecular weight is 499 g/mol. The molecule has 3 aliphatic heterocycles. The predicted molar refractivity (Wildman–Crippen MR) is 141 cm³/mol. The summed E-state index contributed by atoms with van der Waals surface area (Å²) in [5.74, 6) is 1.55. The van der Waals surface area contributed by atoms with Crippen molar-refractivity contribution in [3.8, 4) is 11.5 Å². The number of nitrogens with zero attached hydrogens (tertiary/aromatic N) is 3. The first kappa shape index (κ1) is 23.2. The molecule has 2 saturated heterocycles. The monoisotopic (exact) mass is 498 g/mol. The second kappa shape index (κ2) is 9.03. The van der Waals surface area contributed by atoms with Crippen LogP contribution in [-0.4, -0.2) is 55.9 Å². The summed E-state index contributed by atoms with van der Waals surface area (Å²) in [6, 6.07) is 22.7. The molecule has 6 rings (SSSR count). The fourth-order valence-corrected chi connectivity index (χ4v) is 5.65. The number of para-hydroxylation sites is 1. The first-order chi connectivity index (χ1) is 17.9. The van der Waals surface area contributed by atoms with E-state index < -0.39 is 5.72 Å². The lowest BCUT2D eigenvalue weighted by molar-refractivity contribution is 0.0378. The first-order valence-corrected chi connectivity index (χ1v) is 12.6. The van der Waals surface area contributed by atoms with Crippen molar-refractivity contribution in [2.24, 2.45) is 0 Å². The van der Waals surface area contributed by atoms with Crippen molar-refractivity contribution in [2.45, 2.75) is 25.1 Å². The maximum atomic E-state index is 13.5. The van der Waals surface area contributed by atoms with Crippen LogP contribution in [0.25, 0.3) is 0 Å². The zero-order valence-electron chi connectivity index (χ0n) is 21.0. The van der Waals surface area contributed by atoms with Crippen molar-refractivity contribution < 1.29 is 19.1 Å². The third-order valence-corrected chi connectivity index (χ3v) is 7.52. The highest BCUT2D eigenvalue weighted by Crippen LogP contribution is 2.45. The van der Waals surface area contributed by atoms with Gasteiger partial charge in [-0.3, -0.25) is 9.69 Å². The molecule has 1 N–H and O–H groups in total. The molecule has 0 saturated carbocycles. The molecule has 2 atom stereocenters. The molecule has 190 valence electrons. The molecule has 0 aromatic heterocycles. The summed E-state index contributed by atoms with van der Waals surface area (Å²) in [6.45, 7) is 4.63. The second-order valence-corrected chi connectivity index (χ2v) is 9.89. The third-order valence-electron chi connectivity index (χ3n) is 7.52. The van der Waals surface area contributed by atoms with Gasteiger partial charge < -0.3 is 24.6 Å². The Labute approximate surface area is 216 Å². The molecule has 0 spiro atoms. The molecule has 37 heavy (non-hydrogen) atoms. The van der Waals surface area contributed by atoms with Gasteiger partial charge in [0.25, 0.3) is 5.91 Å². The van der Waals surface area contributed by atoms with Crippen LogP contribution in [0.5, 0.6) is 11.5 Å². The van der Waals surface area contributed by atoms with Gasteiger partial charge in [-0.1, -0.05) is 30.3 Å². The van der Waals surface area contributed by atoms with Crippen molar-refractivity contribution in [1.29, 1.82) is 0 Å². The standard InChI is InChI=1S/C29H30N4O4/c1-29-19-25(24-11-3-4-12-26(24)37-29)30-28(35)33(29)22-9-5-7-20(17-22)27(34)32-15-13-31(14-16-32)21-8-6-10-23(18-21)36-2/h3-12,17-18,25H,13-16,19H2,1-2H3,(H,30,35)/t25-,29+/m0/s1. The highest BCUT2D eigenvalue weighted by atomic mass is 16.5. The van der Waals surface area contributed by atoms with E-state index in [0.717, 1.165) is 35.8 Å². The Hall–Kier alpha value is -4.20. The van der Waals surface area contributed by atoms with Crippen molar-refractivity contribution in [2.75, 3.05) is 43.1 Å². The van der Waals surface area contributed by atoms with Gasteiger partial charge in [-0.05, 0) is 43.3 Å². The summed E-state index contributed by atoms with van der Waals surface area (Å²) in [4.78, 5) is 32.5. The summed E-state index contributed by atoms with van der Waals surface area (Å²) in [5.41, 5.74) is 2.42. The van der Waals surface area contributed by atoms with E-state index in [1.807, 2.05) is 72.5 Å². The minimum Gasteiger partial charge on any atom is -0.497 e. The Morgan fingerprint density at radius 2 is 1.73 bits per heavy atom. The molecule has 3 amide bonds. The number of hydrogen-bond acceptors (Lipinski definition) is 5. The highest BCUT2D eigenvalue weighted by molar-refractivity contribution is 5.99. The lowest BCUT2D eigenvalue weighted by Gasteiger charge is -2.50. The van der Waals surface area contributed by atoms with Gasteiger partial charge in [-0.2, -0.15) is 0 Å². The lowest BCUT2D eigenvalue weighted by atomic mass is 9.90. The number of benzene rings is 3. The number of hydrogen-bond donors (Lipinski definition) is 1. The SMILES string of the molecule is COc1cccc(N2CCN(C(=O)c3cccc(N4C(=O)N[C@H]5C[C@@]4(C)Oc4ccccc45)c3)CC2)c1. The van der Waals surface area contributed by atoms with Gasteiger partial charge in [0.2, 0.25) is 0 Å². The van der Waals surface area contributed by atoms with Gasteiger partial charge in [-0.25, -0.2) is 4.79 Å². The van der Waals surface area contributed by atoms with Gasteiger partial charge in [0, 0.05) is 55.5 Å². The number of amides is 3. The van der Waals surface area contributed by atoms with Crippen molar-refractivity contribution in [3.63, 3.8) is 0 Å². The molecule has 3 aliphatic rings. The summed E-state index contributed by atoms with van der Waals surface area (Å²) in [6.07, 6.45) is 0.611. The molecule has 8 nitrogen and oxygen atoms in total. The van der Waals surface area contributed by atoms with Crippen LogP contribution >= 0.6 is 0 Å². The van der Waals surface area contributed by atoms with Crippen LogP contribution in [0.4, 0.5) is 16.2 Å². The van der Waals surface area contributed by atoms with Crippen LogP contribution < -0.4 is 24.6 Å². The van der Waals surface area contributed by atoms with E-state index >= 15 is 0 Å². The Morgan fingerprint density at radius 3 is 2.54 bits per heavy atom. The number of carbonyl (C=O) groups is 2. The molecule has 0 radical (unpaired) electrons. The lowest BCUT2D eigenvalue weighted by Crippen LogP contribution is -2.65. The normalized spacial score (nSPS) is 22.6. The van der Waals surface area contributed by atoms with Crippen molar-refractivity contribution in [3.05, 3.63) is 83.9 Å². The quantitative estimate of drug-likeness (QED) is 0.576. The Bertz CT molecular complexity index is 1350. The Balaban J connectivity index is 1.19. The zero-order chi connectivity index (χ0) is 25.6. The number of carbonyl (C=O) groups excluding carboxylic acids is 2. The number of methoxy groups -OCH3 is 1. The van der Waals surface area contributed by atoms with E-state index in [4.69, 9.17) is 9.47 Å². The van der Waals surface area contributed by atoms with Gasteiger partial charge in [0.15, 0.2) is 5.72 Å². The van der Waals surface area contributed by atoms with Crippen LogP contribution in [0.3, 0.4) is 0 Å². The molecular formula is C29H30N4O4. The minimum absolute atomic E-state index is 0.0394. The van der Waals surface area contributed by atoms with E-state index in [9.17, 15) is 9.59 Å². The molecule has 0 aliphatic carbocycles. The molecular weight excluding hydrogens is 468 g/mol. The third kappa shape index (κ3) is 4.12. The Morgan fingerprint density at radius 1 is 0.973 bits per heavy atom. The van der Waals surface area contributed by atoms with Crippen molar-refractivity contribution in [1.82, 2.24) is 10.2 Å². The maximum absolute atomic E-state index is 13.5. The topological polar surface area (TPSA) is 74.4 Å². The fraction of sp³-hybridized carbons (Fsp3) is 0.310. The van der Waals surface area contributed by atoms with Crippen LogP contribution in [0, 0.1) is 0 Å². The Kier molecular flexibility index (Phi) is 5.67. The molecule has 0 unspecified atom stereocenters. The van der Waals surface area contributed by atoms with E-state index in [2.05, 4.69) is 16.3 Å². The molecule has 3 heterocycles. The molecule has 3 aromatic rings. The second-order valence-electron chi connectivity index (χ2n) is 9.89. The molecule has 3 aromatic carbocycles. The molecule has 8 heteroatoms. The van der Waals surface area contributed by atoms with Gasteiger partial charge in [-0.15, -0.1) is 0 Å². The van der Waals surface area contributed by atoms with Crippen LogP contribution in [0.2, 0.25) is 0 Å². The number of piperazine rings is 1. The van der Waals surface area contributed by atoms with Gasteiger partial charge >= 0.3 is 6.03 Å². The smallest absolute Gasteiger partial charge is 0.325 e. The summed E-state index contributed by atoms with van der Waals surface area (Å²) >= 11 is 0.